The molecule has 60 valence electrons. The molecule has 0 N–H and O–H groups in total. The molecule has 0 aliphatic rings. The number of hydrogen-bond acceptors (Lipinski definition) is 0. The highest BCUT2D eigenvalue weighted by molar-refractivity contribution is 5.85. The van der Waals surface area contributed by atoms with Crippen LogP contribution in [-0.2, 0) is 6.37 Å². The fourth-order valence-electron chi connectivity index (χ4n) is 1.44. The topological polar surface area (TPSA) is 0 Å². The second-order valence-corrected chi connectivity index (χ2v) is 2.78. The van der Waals surface area contributed by atoms with Crippen molar-refractivity contribution in [2.75, 3.05) is 0 Å². The molecule has 0 spiro atoms. The van der Waals surface area contributed by atoms with Crippen LogP contribution in [0.1, 0.15) is 15.2 Å². The molecule has 0 aliphatic heterocycles. The minimum absolute atomic E-state index is 0.760. The van der Waals surface area contributed by atoms with Gasteiger partial charge in [0.25, 0.3) is 0 Å². The first-order chi connectivity index (χ1) is 6.59. The lowest BCUT2D eigenvalue weighted by Crippen LogP contribution is -1.81. The molecule has 0 unspecified atom stereocenters. The fraction of sp³-hybridized carbons (Fsp3) is 0.167. The Bertz CT molecular complexity index is 450. The van der Waals surface area contributed by atoms with Crippen LogP contribution in [0.25, 0.3) is 10.8 Å². The van der Waals surface area contributed by atoms with Crippen molar-refractivity contribution < 1.29 is 2.74 Å². The van der Waals surface area contributed by atoms with Gasteiger partial charge in [-0.05, 0) is 22.7 Å². The van der Waals surface area contributed by atoms with Gasteiger partial charge in [-0.1, -0.05) is 49.4 Å². The smallest absolute Gasteiger partial charge is 0.0313 e. The molecule has 0 aliphatic carbocycles. The van der Waals surface area contributed by atoms with Crippen LogP contribution in [0.2, 0.25) is 0 Å². The lowest BCUT2D eigenvalue weighted by molar-refractivity contribution is 1.16. The summed E-state index contributed by atoms with van der Waals surface area (Å²) in [6.45, 7) is 1.59. The highest BCUT2D eigenvalue weighted by atomic mass is 14.0. The van der Waals surface area contributed by atoms with Gasteiger partial charge in [-0.15, -0.1) is 0 Å². The van der Waals surface area contributed by atoms with Gasteiger partial charge >= 0.3 is 0 Å². The molecular weight excluding hydrogens is 144 g/mol. The molecule has 12 heavy (non-hydrogen) atoms. The Hall–Kier alpha value is -1.30. The maximum atomic E-state index is 7.72. The van der Waals surface area contributed by atoms with E-state index in [0.717, 1.165) is 16.3 Å². The van der Waals surface area contributed by atoms with Crippen LogP contribution in [0.3, 0.4) is 0 Å². The van der Waals surface area contributed by atoms with Crippen LogP contribution >= 0.6 is 0 Å². The first kappa shape index (κ1) is 5.36. The zero-order chi connectivity index (χ0) is 10.2. The molecule has 0 amide bonds. The van der Waals surface area contributed by atoms with Crippen molar-refractivity contribution in [1.29, 1.82) is 0 Å². The third-order valence-corrected chi connectivity index (χ3v) is 2.06. The zero-order valence-corrected chi connectivity index (χ0v) is 7.04. The second kappa shape index (κ2) is 2.98. The molecule has 0 radical (unpaired) electrons. The molecule has 0 atom stereocenters. The summed E-state index contributed by atoms with van der Waals surface area (Å²) in [7, 11) is 0. The van der Waals surface area contributed by atoms with Gasteiger partial charge in [0.1, 0.15) is 0 Å². The molecule has 0 nitrogen and oxygen atoms in total. The van der Waals surface area contributed by atoms with E-state index in [4.69, 9.17) is 2.74 Å². The standard InChI is InChI=1S/C12H12/c1-2-10-7-5-8-11-6-3-4-9-12(10)11/h3-9H,2H2,1H3/i2D2. The van der Waals surface area contributed by atoms with Gasteiger partial charge in [0.2, 0.25) is 0 Å². The number of fused-ring (bicyclic) bond motifs is 1. The fourth-order valence-corrected chi connectivity index (χ4v) is 1.44. The van der Waals surface area contributed by atoms with Gasteiger partial charge < -0.3 is 0 Å². The molecule has 0 bridgehead atoms. The predicted molar refractivity (Wildman–Crippen MR) is 53.3 cm³/mol. The quantitative estimate of drug-likeness (QED) is 0.596. The van der Waals surface area contributed by atoms with Crippen LogP contribution in [0.4, 0.5) is 0 Å². The van der Waals surface area contributed by atoms with E-state index in [9.17, 15) is 0 Å². The van der Waals surface area contributed by atoms with Crippen LogP contribution in [-0.4, -0.2) is 0 Å². The van der Waals surface area contributed by atoms with Crippen molar-refractivity contribution in [3.05, 3.63) is 48.0 Å². The maximum Gasteiger partial charge on any atom is 0.0313 e. The van der Waals surface area contributed by atoms with Gasteiger partial charge in [-0.3, -0.25) is 0 Å². The van der Waals surface area contributed by atoms with Gasteiger partial charge in [0, 0.05) is 2.74 Å². The van der Waals surface area contributed by atoms with Crippen LogP contribution in [0.15, 0.2) is 42.5 Å². The lowest BCUT2D eigenvalue weighted by Gasteiger charge is -2.02. The summed E-state index contributed by atoms with van der Waals surface area (Å²) in [6.07, 6.45) is -1.28. The molecule has 2 aromatic rings. The minimum atomic E-state index is -1.28. The average molecular weight is 158 g/mol. The van der Waals surface area contributed by atoms with E-state index in [1.54, 1.807) is 6.92 Å². The Kier molecular flexibility index (Phi) is 1.33. The van der Waals surface area contributed by atoms with Crippen molar-refractivity contribution >= 4 is 10.8 Å². The number of benzene rings is 2. The molecule has 0 heterocycles. The zero-order valence-electron chi connectivity index (χ0n) is 9.04. The molecule has 0 heteroatoms. The van der Waals surface area contributed by atoms with Crippen molar-refractivity contribution in [3.63, 3.8) is 0 Å². The summed E-state index contributed by atoms with van der Waals surface area (Å²) in [5.74, 6) is 0. The van der Waals surface area contributed by atoms with Gasteiger partial charge in [-0.2, -0.15) is 0 Å². The Morgan fingerprint density at radius 3 is 2.67 bits per heavy atom. The van der Waals surface area contributed by atoms with E-state index in [2.05, 4.69) is 0 Å². The predicted octanol–water partition coefficient (Wildman–Crippen LogP) is 3.40. The van der Waals surface area contributed by atoms with E-state index in [1.165, 1.54) is 0 Å². The largest absolute Gasteiger partial charge is 0.0616 e. The van der Waals surface area contributed by atoms with E-state index < -0.39 is 6.37 Å². The first-order valence-corrected chi connectivity index (χ1v) is 4.07. The van der Waals surface area contributed by atoms with E-state index in [1.807, 2.05) is 42.5 Å². The Balaban J connectivity index is 2.78. The van der Waals surface area contributed by atoms with E-state index >= 15 is 0 Å². The van der Waals surface area contributed by atoms with Crippen molar-refractivity contribution in [3.8, 4) is 0 Å². The molecule has 0 saturated carbocycles. The second-order valence-electron chi connectivity index (χ2n) is 2.78. The van der Waals surface area contributed by atoms with Crippen molar-refractivity contribution in [2.45, 2.75) is 13.3 Å². The molecule has 2 rings (SSSR count). The number of hydrogen-bond donors (Lipinski definition) is 0. The molecular formula is C12H12. The number of rotatable bonds is 1. The van der Waals surface area contributed by atoms with Gasteiger partial charge in [0.15, 0.2) is 0 Å². The third-order valence-electron chi connectivity index (χ3n) is 2.06. The van der Waals surface area contributed by atoms with Crippen molar-refractivity contribution in [1.82, 2.24) is 0 Å². The summed E-state index contributed by atoms with van der Waals surface area (Å²) in [6, 6.07) is 13.6. The average Bonchev–Trinajstić information content (AvgIpc) is 2.15. The summed E-state index contributed by atoms with van der Waals surface area (Å²) in [4.78, 5) is 0. The maximum absolute atomic E-state index is 7.72. The minimum Gasteiger partial charge on any atom is -0.0616 e. The van der Waals surface area contributed by atoms with E-state index in [0.29, 0.717) is 0 Å². The Morgan fingerprint density at radius 1 is 1.08 bits per heavy atom. The number of aryl methyl sites for hydroxylation is 1. The SMILES string of the molecule is [2H]C([2H])(C)c1cccc2ccccc12. The van der Waals surface area contributed by atoms with Crippen molar-refractivity contribution in [2.24, 2.45) is 0 Å². The highest BCUT2D eigenvalue weighted by Gasteiger charge is 1.95. The monoisotopic (exact) mass is 158 g/mol. The van der Waals surface area contributed by atoms with Crippen LogP contribution in [0, 0.1) is 0 Å². The Morgan fingerprint density at radius 2 is 1.83 bits per heavy atom. The Labute approximate surface area is 75.7 Å². The lowest BCUT2D eigenvalue weighted by atomic mass is 10.0. The van der Waals surface area contributed by atoms with Crippen LogP contribution < -0.4 is 0 Å². The summed E-state index contributed by atoms with van der Waals surface area (Å²) >= 11 is 0. The van der Waals surface area contributed by atoms with Gasteiger partial charge in [-0.25, -0.2) is 0 Å². The van der Waals surface area contributed by atoms with E-state index in [-0.39, 0.29) is 0 Å². The molecule has 0 aromatic heterocycles. The first-order valence-electron chi connectivity index (χ1n) is 5.07. The highest BCUT2D eigenvalue weighted by Crippen LogP contribution is 2.18. The normalized spacial score (nSPS) is 14.1. The molecule has 2 aromatic carbocycles. The summed E-state index contributed by atoms with van der Waals surface area (Å²) in [5.41, 5.74) is 0.760. The molecule has 0 saturated heterocycles. The third kappa shape index (κ3) is 1.10. The van der Waals surface area contributed by atoms with Crippen LogP contribution in [0.5, 0.6) is 0 Å². The molecule has 0 fully saturated rings. The summed E-state index contributed by atoms with van der Waals surface area (Å²) < 4.78 is 15.4. The summed E-state index contributed by atoms with van der Waals surface area (Å²) in [5, 5.41) is 2.10. The van der Waals surface area contributed by atoms with Gasteiger partial charge in [0.05, 0.1) is 0 Å².